The second-order valence-electron chi connectivity index (χ2n) is 4.79. The Morgan fingerprint density at radius 1 is 1.33 bits per heavy atom. The lowest BCUT2D eigenvalue weighted by Gasteiger charge is -2.20. The molecule has 2 heterocycles. The minimum absolute atomic E-state index is 0.147. The predicted molar refractivity (Wildman–Crippen MR) is 98.9 cm³/mol. The molecule has 126 valence electrons. The molecule has 0 aliphatic carbocycles. The molecule has 0 saturated carbocycles. The lowest BCUT2D eigenvalue weighted by Crippen LogP contribution is -2.29. The van der Waals surface area contributed by atoms with E-state index in [1.165, 1.54) is 6.07 Å². The molecule has 1 atom stereocenters. The number of aromatic nitrogens is 1. The summed E-state index contributed by atoms with van der Waals surface area (Å²) in [5.74, 6) is 0.312. The van der Waals surface area contributed by atoms with E-state index < -0.39 is 6.23 Å². The second kappa shape index (κ2) is 9.33. The van der Waals surface area contributed by atoms with Crippen LogP contribution >= 0.6 is 22.6 Å². The van der Waals surface area contributed by atoms with Gasteiger partial charge in [-0.1, -0.05) is 34.7 Å². The van der Waals surface area contributed by atoms with Crippen LogP contribution in [-0.2, 0) is 16.1 Å². The summed E-state index contributed by atoms with van der Waals surface area (Å²) in [4.78, 5) is 16.3. The van der Waals surface area contributed by atoms with Gasteiger partial charge in [-0.3, -0.25) is 9.78 Å². The topological polar surface area (TPSA) is 68.4 Å². The van der Waals surface area contributed by atoms with Gasteiger partial charge in [0.25, 0.3) is 0 Å². The number of nitrogens with zero attached hydrogens (tertiary/aromatic N) is 2. The molecule has 2 N–H and O–H groups in total. The van der Waals surface area contributed by atoms with Gasteiger partial charge in [0.1, 0.15) is 11.6 Å². The molecule has 1 aliphatic rings. The monoisotopic (exact) mass is 441 g/mol. The first kappa shape index (κ1) is 18.3. The molecule has 1 aliphatic heterocycles. The molecule has 1 aromatic heterocycles. The Morgan fingerprint density at radius 3 is 2.54 bits per heavy atom. The van der Waals surface area contributed by atoms with Crippen molar-refractivity contribution < 1.29 is 13.9 Å². The van der Waals surface area contributed by atoms with E-state index in [9.17, 15) is 9.18 Å². The molecule has 3 rings (SSSR count). The standard InChI is InChI=1S/C12H12FIN2O2.C5H5N/c13-11-3-9(2-1-8(11)5-15)16-6-10(4-14)18-12(16)7-17;1-2-4-6-5-3-1/h1-3,6-7,12H,4-5,15H2;1-5H. The summed E-state index contributed by atoms with van der Waals surface area (Å²) in [6.45, 7) is 0.147. The smallest absolute Gasteiger partial charge is 0.232 e. The van der Waals surface area contributed by atoms with E-state index in [1.54, 1.807) is 35.6 Å². The molecule has 1 aromatic carbocycles. The van der Waals surface area contributed by atoms with Crippen molar-refractivity contribution in [3.05, 3.63) is 72.1 Å². The summed E-state index contributed by atoms with van der Waals surface area (Å²) >= 11 is 2.14. The average Bonchev–Trinajstić information content (AvgIpc) is 3.07. The number of pyridine rings is 1. The van der Waals surface area contributed by atoms with Crippen molar-refractivity contribution in [3.63, 3.8) is 0 Å². The van der Waals surface area contributed by atoms with Gasteiger partial charge in [-0.25, -0.2) is 4.39 Å². The first-order valence-corrected chi connectivity index (χ1v) is 8.72. The third-order valence-electron chi connectivity index (χ3n) is 3.20. The highest BCUT2D eigenvalue weighted by Gasteiger charge is 2.26. The van der Waals surface area contributed by atoms with Crippen molar-refractivity contribution in [2.75, 3.05) is 9.33 Å². The van der Waals surface area contributed by atoms with Crippen LogP contribution in [0.5, 0.6) is 0 Å². The first-order valence-electron chi connectivity index (χ1n) is 7.20. The fraction of sp³-hybridized carbons (Fsp3) is 0.176. The molecule has 7 heteroatoms. The van der Waals surface area contributed by atoms with Crippen LogP contribution in [0.3, 0.4) is 0 Å². The molecule has 0 bridgehead atoms. The number of hydrogen-bond acceptors (Lipinski definition) is 5. The predicted octanol–water partition coefficient (Wildman–Crippen LogP) is 3.00. The zero-order valence-electron chi connectivity index (χ0n) is 12.8. The Bertz CT molecular complexity index is 671. The number of rotatable bonds is 4. The third kappa shape index (κ3) is 4.75. The summed E-state index contributed by atoms with van der Waals surface area (Å²) < 4.78 is 19.7. The molecule has 0 amide bonds. The SMILES string of the molecule is NCc1ccc(N2C=C(CI)OC2C=O)cc1F.c1ccncc1. The molecular weight excluding hydrogens is 424 g/mol. The summed E-state index contributed by atoms with van der Waals surface area (Å²) in [5.41, 5.74) is 6.42. The lowest BCUT2D eigenvalue weighted by atomic mass is 10.2. The molecule has 0 fully saturated rings. The Hall–Kier alpha value is -2.00. The van der Waals surface area contributed by atoms with Crippen molar-refractivity contribution in [2.24, 2.45) is 5.73 Å². The number of anilines is 1. The van der Waals surface area contributed by atoms with Gasteiger partial charge < -0.3 is 15.4 Å². The number of nitrogens with two attached hydrogens (primary N) is 1. The Morgan fingerprint density at radius 2 is 2.08 bits per heavy atom. The van der Waals surface area contributed by atoms with Gasteiger partial charge in [-0.15, -0.1) is 0 Å². The van der Waals surface area contributed by atoms with Crippen molar-refractivity contribution >= 4 is 34.6 Å². The maximum absolute atomic E-state index is 13.7. The van der Waals surface area contributed by atoms with Crippen molar-refractivity contribution in [1.29, 1.82) is 0 Å². The molecule has 0 spiro atoms. The van der Waals surface area contributed by atoms with Crippen molar-refractivity contribution in [1.82, 2.24) is 4.98 Å². The van der Waals surface area contributed by atoms with Gasteiger partial charge in [-0.2, -0.15) is 0 Å². The van der Waals surface area contributed by atoms with Crippen LogP contribution in [0.1, 0.15) is 5.56 Å². The Balaban J connectivity index is 0.000000292. The number of carbonyl (C=O) groups excluding carboxylic acids is 1. The largest absolute Gasteiger partial charge is 0.465 e. The van der Waals surface area contributed by atoms with Gasteiger partial charge in [0.2, 0.25) is 6.23 Å². The molecule has 24 heavy (non-hydrogen) atoms. The van der Waals surface area contributed by atoms with Gasteiger partial charge in [0, 0.05) is 36.4 Å². The van der Waals surface area contributed by atoms with E-state index in [0.717, 1.165) is 0 Å². The van der Waals surface area contributed by atoms with Crippen LogP contribution in [-0.4, -0.2) is 21.9 Å². The maximum atomic E-state index is 13.7. The van der Waals surface area contributed by atoms with Gasteiger partial charge >= 0.3 is 0 Å². The number of carbonyl (C=O) groups is 1. The van der Waals surface area contributed by atoms with Gasteiger partial charge in [0.05, 0.1) is 4.43 Å². The second-order valence-corrected chi connectivity index (χ2v) is 5.55. The van der Waals surface area contributed by atoms with Gasteiger partial charge in [-0.05, 0) is 24.3 Å². The maximum Gasteiger partial charge on any atom is 0.232 e. The normalized spacial score (nSPS) is 15.9. The fourth-order valence-electron chi connectivity index (χ4n) is 2.03. The zero-order valence-corrected chi connectivity index (χ0v) is 15.0. The number of alkyl halides is 1. The van der Waals surface area contributed by atoms with Crippen LogP contribution in [0, 0.1) is 5.82 Å². The van der Waals surface area contributed by atoms with Crippen LogP contribution in [0.15, 0.2) is 60.8 Å². The van der Waals surface area contributed by atoms with Crippen molar-refractivity contribution in [3.8, 4) is 0 Å². The van der Waals surface area contributed by atoms with Crippen molar-refractivity contribution in [2.45, 2.75) is 12.8 Å². The molecule has 5 nitrogen and oxygen atoms in total. The van der Waals surface area contributed by atoms with E-state index in [-0.39, 0.29) is 12.4 Å². The minimum Gasteiger partial charge on any atom is -0.465 e. The average molecular weight is 441 g/mol. The number of benzene rings is 1. The van der Waals surface area contributed by atoms with E-state index in [4.69, 9.17) is 10.5 Å². The van der Waals surface area contributed by atoms with E-state index >= 15 is 0 Å². The van der Waals surface area contributed by atoms with Crippen LogP contribution in [0.4, 0.5) is 10.1 Å². The van der Waals surface area contributed by atoms with Crippen LogP contribution in [0.25, 0.3) is 0 Å². The van der Waals surface area contributed by atoms with E-state index in [0.29, 0.717) is 27.7 Å². The third-order valence-corrected chi connectivity index (χ3v) is 3.95. The first-order chi connectivity index (χ1) is 11.7. The quantitative estimate of drug-likeness (QED) is 0.449. The highest BCUT2D eigenvalue weighted by Crippen LogP contribution is 2.27. The molecule has 0 saturated heterocycles. The lowest BCUT2D eigenvalue weighted by molar-refractivity contribution is -0.114. The number of hydrogen-bond donors (Lipinski definition) is 1. The number of halogens is 2. The number of ether oxygens (including phenoxy) is 1. The molecule has 2 aromatic rings. The van der Waals surface area contributed by atoms with E-state index in [1.807, 2.05) is 18.2 Å². The highest BCUT2D eigenvalue weighted by atomic mass is 127. The molecular formula is C17H17FIN3O2. The summed E-state index contributed by atoms with van der Waals surface area (Å²) in [6.07, 6.45) is 5.17. The zero-order chi connectivity index (χ0) is 17.4. The molecule has 1 unspecified atom stereocenters. The van der Waals surface area contributed by atoms with E-state index in [2.05, 4.69) is 27.6 Å². The van der Waals surface area contributed by atoms with Crippen LogP contribution < -0.4 is 10.6 Å². The fourth-order valence-corrected chi connectivity index (χ4v) is 2.40. The summed E-state index contributed by atoms with van der Waals surface area (Å²) in [6, 6.07) is 10.4. The summed E-state index contributed by atoms with van der Waals surface area (Å²) in [7, 11) is 0. The summed E-state index contributed by atoms with van der Waals surface area (Å²) in [5, 5.41) is 0. The Kier molecular flexibility index (Phi) is 7.13. The minimum atomic E-state index is -0.724. The molecule has 0 radical (unpaired) electrons. The Labute approximate surface area is 153 Å². The number of aldehydes is 1. The highest BCUT2D eigenvalue weighted by molar-refractivity contribution is 14.1. The van der Waals surface area contributed by atoms with Gasteiger partial charge in [0.15, 0.2) is 6.29 Å². The number of allylic oxidation sites excluding steroid dienone is 1. The van der Waals surface area contributed by atoms with Crippen LogP contribution in [0.2, 0.25) is 0 Å².